The molecule has 0 aliphatic rings. The number of hydrogen-bond acceptors (Lipinski definition) is 2. The third kappa shape index (κ3) is 2.82. The Balaban J connectivity index is 2.19. The molecule has 0 radical (unpaired) electrons. The second kappa shape index (κ2) is 5.51. The van der Waals surface area contributed by atoms with Crippen molar-refractivity contribution in [1.82, 2.24) is 9.78 Å². The molecular weight excluding hydrogens is 337 g/mol. The Morgan fingerprint density at radius 2 is 2.11 bits per heavy atom. The second-order valence-electron chi connectivity index (χ2n) is 3.95. The maximum absolute atomic E-state index is 6.19. The van der Waals surface area contributed by atoms with Crippen molar-refractivity contribution in [3.05, 3.63) is 44.1 Å². The summed E-state index contributed by atoms with van der Waals surface area (Å²) in [4.78, 5) is 0. The maximum Gasteiger partial charge on any atom is 0.0865 e. The minimum absolute atomic E-state index is 0.592. The second-order valence-corrected chi connectivity index (χ2v) is 5.62. The van der Waals surface area contributed by atoms with E-state index in [1.54, 1.807) is 4.68 Å². The molecule has 18 heavy (non-hydrogen) atoms. The fraction of sp³-hybridized carbons (Fsp3) is 0.250. The van der Waals surface area contributed by atoms with Gasteiger partial charge in [-0.1, -0.05) is 23.2 Å². The number of hydrogen-bond donors (Lipinski definition) is 1. The van der Waals surface area contributed by atoms with Crippen LogP contribution in [-0.2, 0) is 13.6 Å². The first-order valence-corrected chi connectivity index (χ1v) is 6.91. The molecule has 0 fully saturated rings. The van der Waals surface area contributed by atoms with Gasteiger partial charge in [-0.3, -0.25) is 4.68 Å². The van der Waals surface area contributed by atoms with Crippen molar-refractivity contribution in [1.29, 1.82) is 0 Å². The summed E-state index contributed by atoms with van der Waals surface area (Å²) in [7, 11) is 1.88. The molecule has 1 heterocycles. The number of halogens is 3. The van der Waals surface area contributed by atoms with Gasteiger partial charge in [0.05, 0.1) is 28.6 Å². The Hall–Kier alpha value is -0.710. The third-order valence-corrected chi connectivity index (χ3v) is 4.05. The summed E-state index contributed by atoms with van der Waals surface area (Å²) in [6.07, 6.45) is 0. The van der Waals surface area contributed by atoms with Crippen LogP contribution in [0.25, 0.3) is 0 Å². The number of nitrogens with one attached hydrogen (secondary N) is 1. The van der Waals surface area contributed by atoms with Crippen LogP contribution in [0.2, 0.25) is 10.0 Å². The normalized spacial score (nSPS) is 10.7. The van der Waals surface area contributed by atoms with Gasteiger partial charge >= 0.3 is 0 Å². The molecule has 0 aliphatic carbocycles. The average Bonchev–Trinajstić information content (AvgIpc) is 2.55. The molecular formula is C12H12BrCl2N3. The Morgan fingerprint density at radius 3 is 2.72 bits per heavy atom. The van der Waals surface area contributed by atoms with Gasteiger partial charge in [-0.15, -0.1) is 0 Å². The van der Waals surface area contributed by atoms with Crippen molar-refractivity contribution < 1.29 is 0 Å². The lowest BCUT2D eigenvalue weighted by Crippen LogP contribution is -2.06. The summed E-state index contributed by atoms with van der Waals surface area (Å²) in [5.41, 5.74) is 2.71. The molecule has 0 atom stereocenters. The van der Waals surface area contributed by atoms with Crippen LogP contribution in [0, 0.1) is 6.92 Å². The monoisotopic (exact) mass is 347 g/mol. The van der Waals surface area contributed by atoms with E-state index in [4.69, 9.17) is 23.2 Å². The highest BCUT2D eigenvalue weighted by Gasteiger charge is 2.11. The first-order chi connectivity index (χ1) is 8.49. The van der Waals surface area contributed by atoms with Crippen molar-refractivity contribution in [2.45, 2.75) is 13.5 Å². The van der Waals surface area contributed by atoms with Crippen LogP contribution in [0.1, 0.15) is 11.4 Å². The molecule has 0 saturated carbocycles. The van der Waals surface area contributed by atoms with E-state index < -0.39 is 0 Å². The fourth-order valence-corrected chi connectivity index (χ4v) is 2.47. The molecule has 0 spiro atoms. The van der Waals surface area contributed by atoms with Gasteiger partial charge in [-0.2, -0.15) is 5.10 Å². The molecule has 2 rings (SSSR count). The topological polar surface area (TPSA) is 29.9 Å². The average molecular weight is 349 g/mol. The highest BCUT2D eigenvalue weighted by Crippen LogP contribution is 2.27. The van der Waals surface area contributed by atoms with Crippen LogP contribution >= 0.6 is 39.1 Å². The van der Waals surface area contributed by atoms with Gasteiger partial charge in [0, 0.05) is 16.5 Å². The third-order valence-electron chi connectivity index (χ3n) is 2.64. The van der Waals surface area contributed by atoms with Crippen molar-refractivity contribution in [2.24, 2.45) is 7.05 Å². The zero-order valence-corrected chi connectivity index (χ0v) is 13.1. The molecule has 2 aromatic rings. The Kier molecular flexibility index (Phi) is 4.20. The SMILES string of the molecule is Cc1nn(C)c(CNc2cc(Cl)ccc2Br)c1Cl. The molecule has 1 aromatic heterocycles. The van der Waals surface area contributed by atoms with Crippen molar-refractivity contribution in [3.8, 4) is 0 Å². The van der Waals surface area contributed by atoms with E-state index in [1.807, 2.05) is 32.2 Å². The summed E-state index contributed by atoms with van der Waals surface area (Å²) >= 11 is 15.6. The lowest BCUT2D eigenvalue weighted by atomic mass is 10.3. The van der Waals surface area contributed by atoms with Gasteiger partial charge < -0.3 is 5.32 Å². The van der Waals surface area contributed by atoms with Crippen molar-refractivity contribution >= 4 is 44.8 Å². The number of rotatable bonds is 3. The predicted octanol–water partition coefficient (Wildman–Crippen LogP) is 4.41. The first kappa shape index (κ1) is 13.7. The molecule has 6 heteroatoms. The molecule has 0 bridgehead atoms. The molecule has 1 aromatic carbocycles. The van der Waals surface area contributed by atoms with Crippen LogP contribution in [0.4, 0.5) is 5.69 Å². The Bertz CT molecular complexity index is 581. The number of nitrogens with zero attached hydrogens (tertiary/aromatic N) is 2. The largest absolute Gasteiger partial charge is 0.378 e. The van der Waals surface area contributed by atoms with Crippen LogP contribution < -0.4 is 5.32 Å². The summed E-state index contributed by atoms with van der Waals surface area (Å²) < 4.78 is 2.74. The number of aryl methyl sites for hydroxylation is 2. The fourth-order valence-electron chi connectivity index (χ4n) is 1.68. The molecule has 0 aliphatic heterocycles. The zero-order valence-electron chi connectivity index (χ0n) is 9.97. The van der Waals surface area contributed by atoms with E-state index in [1.165, 1.54) is 0 Å². The highest BCUT2D eigenvalue weighted by atomic mass is 79.9. The minimum atomic E-state index is 0.592. The van der Waals surface area contributed by atoms with E-state index in [0.29, 0.717) is 16.6 Å². The predicted molar refractivity (Wildman–Crippen MR) is 79.4 cm³/mol. The Labute approximate surface area is 124 Å². The van der Waals surface area contributed by atoms with Crippen LogP contribution in [0.3, 0.4) is 0 Å². The van der Waals surface area contributed by atoms with Gasteiger partial charge in [0.25, 0.3) is 0 Å². The Morgan fingerprint density at radius 1 is 1.39 bits per heavy atom. The van der Waals surface area contributed by atoms with Gasteiger partial charge in [-0.05, 0) is 41.1 Å². The number of benzene rings is 1. The smallest absolute Gasteiger partial charge is 0.0865 e. The maximum atomic E-state index is 6.19. The molecule has 0 amide bonds. The standard InChI is InChI=1S/C12H12BrCl2N3/c1-7-12(15)11(18(2)17-7)6-16-10-5-8(14)3-4-9(10)13/h3-5,16H,6H2,1-2H3. The number of aromatic nitrogens is 2. The zero-order chi connectivity index (χ0) is 13.3. The lowest BCUT2D eigenvalue weighted by Gasteiger charge is -2.09. The molecule has 3 nitrogen and oxygen atoms in total. The van der Waals surface area contributed by atoms with Crippen LogP contribution in [0.5, 0.6) is 0 Å². The van der Waals surface area contributed by atoms with Crippen LogP contribution in [0.15, 0.2) is 22.7 Å². The van der Waals surface area contributed by atoms with E-state index in [9.17, 15) is 0 Å². The first-order valence-electron chi connectivity index (χ1n) is 5.36. The summed E-state index contributed by atoms with van der Waals surface area (Å²) in [6.45, 7) is 2.48. The van der Waals surface area contributed by atoms with Gasteiger partial charge in [0.15, 0.2) is 0 Å². The van der Waals surface area contributed by atoms with E-state index in [2.05, 4.69) is 26.3 Å². The van der Waals surface area contributed by atoms with Crippen LogP contribution in [-0.4, -0.2) is 9.78 Å². The van der Waals surface area contributed by atoms with E-state index in [-0.39, 0.29) is 0 Å². The van der Waals surface area contributed by atoms with Crippen molar-refractivity contribution in [2.75, 3.05) is 5.32 Å². The van der Waals surface area contributed by atoms with E-state index >= 15 is 0 Å². The summed E-state index contributed by atoms with van der Waals surface area (Å²) in [5, 5.41) is 8.94. The van der Waals surface area contributed by atoms with Gasteiger partial charge in [0.2, 0.25) is 0 Å². The quantitative estimate of drug-likeness (QED) is 0.890. The summed E-state index contributed by atoms with van der Waals surface area (Å²) in [6, 6.07) is 5.60. The van der Waals surface area contributed by atoms with Crippen molar-refractivity contribution in [3.63, 3.8) is 0 Å². The molecule has 96 valence electrons. The highest BCUT2D eigenvalue weighted by molar-refractivity contribution is 9.10. The molecule has 1 N–H and O–H groups in total. The van der Waals surface area contributed by atoms with Gasteiger partial charge in [-0.25, -0.2) is 0 Å². The lowest BCUT2D eigenvalue weighted by molar-refractivity contribution is 0.713. The van der Waals surface area contributed by atoms with E-state index in [0.717, 1.165) is 21.5 Å². The van der Waals surface area contributed by atoms with Gasteiger partial charge in [0.1, 0.15) is 0 Å². The summed E-state index contributed by atoms with van der Waals surface area (Å²) in [5.74, 6) is 0. The molecule has 0 unspecified atom stereocenters. The number of anilines is 1. The molecule has 0 saturated heterocycles. The minimum Gasteiger partial charge on any atom is -0.378 e.